The van der Waals surface area contributed by atoms with Gasteiger partial charge in [0, 0.05) is 29.9 Å². The average Bonchev–Trinajstić information content (AvgIpc) is 3.23. The molecule has 0 radical (unpaired) electrons. The lowest BCUT2D eigenvalue weighted by Gasteiger charge is -2.43. The molecule has 0 spiro atoms. The van der Waals surface area contributed by atoms with Gasteiger partial charge in [-0.3, -0.25) is 14.8 Å². The fourth-order valence-electron chi connectivity index (χ4n) is 4.66. The summed E-state index contributed by atoms with van der Waals surface area (Å²) >= 11 is 5.93. The second-order valence-electron chi connectivity index (χ2n) is 9.08. The Balaban J connectivity index is 1.55. The van der Waals surface area contributed by atoms with E-state index in [1.165, 1.54) is 6.07 Å². The van der Waals surface area contributed by atoms with Crippen LogP contribution in [0.5, 0.6) is 0 Å². The van der Waals surface area contributed by atoms with Gasteiger partial charge in [-0.05, 0) is 51.8 Å². The van der Waals surface area contributed by atoms with Crippen molar-refractivity contribution in [3.8, 4) is 0 Å². The molecule has 2 aromatic heterocycles. The van der Waals surface area contributed by atoms with E-state index in [-0.39, 0.29) is 17.5 Å². The van der Waals surface area contributed by atoms with Gasteiger partial charge in [0.25, 0.3) is 0 Å². The molecular formula is C25H26ClFN6O2. The Labute approximate surface area is 208 Å². The summed E-state index contributed by atoms with van der Waals surface area (Å²) in [5, 5.41) is 20.4. The van der Waals surface area contributed by atoms with Crippen LogP contribution in [0.1, 0.15) is 36.7 Å². The van der Waals surface area contributed by atoms with Crippen LogP contribution >= 0.6 is 11.6 Å². The second kappa shape index (κ2) is 10.0. The number of hydrogen-bond donors (Lipinski definition) is 3. The largest absolute Gasteiger partial charge is 0.481 e. The summed E-state index contributed by atoms with van der Waals surface area (Å²) in [7, 11) is 0. The zero-order valence-corrected chi connectivity index (χ0v) is 20.2. The first-order valence-electron chi connectivity index (χ1n) is 11.3. The van der Waals surface area contributed by atoms with Gasteiger partial charge in [-0.15, -0.1) is 0 Å². The number of hydrogen-bond acceptors (Lipinski definition) is 5. The molecule has 1 aromatic carbocycles. The first-order valence-corrected chi connectivity index (χ1v) is 11.7. The molecule has 10 heteroatoms. The van der Waals surface area contributed by atoms with Crippen molar-refractivity contribution in [2.75, 3.05) is 11.9 Å². The number of carboxylic acids is 1. The van der Waals surface area contributed by atoms with Gasteiger partial charge in [0.05, 0.1) is 22.7 Å². The lowest BCUT2D eigenvalue weighted by Crippen LogP contribution is -2.49. The van der Waals surface area contributed by atoms with Gasteiger partial charge in [0.15, 0.2) is 5.82 Å². The Kier molecular flexibility index (Phi) is 7.05. The molecule has 3 aromatic rings. The minimum Gasteiger partial charge on any atom is -0.481 e. The lowest BCUT2D eigenvalue weighted by molar-refractivity contribution is -0.153. The summed E-state index contributed by atoms with van der Waals surface area (Å²) in [5.74, 6) is -0.295. The molecule has 0 aliphatic carbocycles. The second-order valence-corrected chi connectivity index (χ2v) is 9.49. The number of benzene rings is 1. The van der Waals surface area contributed by atoms with E-state index in [1.807, 2.05) is 19.9 Å². The van der Waals surface area contributed by atoms with Gasteiger partial charge in [-0.2, -0.15) is 5.10 Å². The maximum absolute atomic E-state index is 14.4. The topological polar surface area (TPSA) is 98.5 Å². The van der Waals surface area contributed by atoms with E-state index >= 15 is 0 Å². The van der Waals surface area contributed by atoms with Crippen molar-refractivity contribution >= 4 is 34.9 Å². The molecular weight excluding hydrogens is 471 g/mol. The fourth-order valence-corrected chi connectivity index (χ4v) is 4.85. The van der Waals surface area contributed by atoms with E-state index in [4.69, 9.17) is 18.2 Å². The Bertz CT molecular complexity index is 1290. The molecule has 3 N–H and O–H groups in total. The number of nitrogens with one attached hydrogen (secondary N) is 2. The summed E-state index contributed by atoms with van der Waals surface area (Å²) < 4.78 is 14.4. The monoisotopic (exact) mass is 496 g/mol. The van der Waals surface area contributed by atoms with E-state index < -0.39 is 17.2 Å². The maximum Gasteiger partial charge on any atom is 0.310 e. The number of aromatic nitrogens is 3. The average molecular weight is 497 g/mol. The number of aromatic amines is 1. The van der Waals surface area contributed by atoms with Gasteiger partial charge >= 0.3 is 5.97 Å². The third-order valence-electron chi connectivity index (χ3n) is 6.58. The molecule has 182 valence electrons. The van der Waals surface area contributed by atoms with Crippen molar-refractivity contribution in [2.45, 2.75) is 45.7 Å². The number of aryl methyl sites for hydroxylation is 1. The standard InChI is InChI=1S/C25H26ClFN6O2/c1-15-11-22(32-31-15)30-21-8-7-19(28-3)20(29-21)13-25(24(34)35)9-10-33(16(2)12-25)14-17-5-4-6-18(26)23(17)27/h4-8,11,16H,9-10,12-14H2,1-2H3,(H,34,35)(H2,29,30,31,32)/t16-,25-/m1/s1. The molecule has 1 aliphatic rings. The Morgan fingerprint density at radius 3 is 2.86 bits per heavy atom. The summed E-state index contributed by atoms with van der Waals surface area (Å²) in [6, 6.07) is 9.93. The molecule has 1 saturated heterocycles. The van der Waals surface area contributed by atoms with Crippen molar-refractivity contribution in [2.24, 2.45) is 5.41 Å². The summed E-state index contributed by atoms with van der Waals surface area (Å²) in [6.45, 7) is 12.2. The third kappa shape index (κ3) is 5.29. The number of halogens is 2. The molecule has 2 atom stereocenters. The first-order chi connectivity index (χ1) is 16.7. The van der Waals surface area contributed by atoms with Crippen LogP contribution in [0.2, 0.25) is 5.02 Å². The van der Waals surface area contributed by atoms with Crippen molar-refractivity contribution in [3.63, 3.8) is 0 Å². The van der Waals surface area contributed by atoms with Crippen LogP contribution in [0.4, 0.5) is 21.7 Å². The van der Waals surface area contributed by atoms with Crippen LogP contribution in [0.25, 0.3) is 4.85 Å². The summed E-state index contributed by atoms with van der Waals surface area (Å²) in [6.07, 6.45) is 0.822. The van der Waals surface area contributed by atoms with Crippen LogP contribution in [0, 0.1) is 24.7 Å². The minimum atomic E-state index is -1.09. The number of anilines is 2. The fraction of sp³-hybridized carbons (Fsp3) is 0.360. The first kappa shape index (κ1) is 24.6. The van der Waals surface area contributed by atoms with Crippen molar-refractivity contribution in [3.05, 3.63) is 75.6 Å². The maximum atomic E-state index is 14.4. The third-order valence-corrected chi connectivity index (χ3v) is 6.88. The molecule has 1 aliphatic heterocycles. The highest BCUT2D eigenvalue weighted by atomic mass is 35.5. The molecule has 0 bridgehead atoms. The van der Waals surface area contributed by atoms with Crippen molar-refractivity contribution in [1.29, 1.82) is 0 Å². The van der Waals surface area contributed by atoms with Crippen LogP contribution in [-0.2, 0) is 17.8 Å². The zero-order chi connectivity index (χ0) is 25.2. The number of aliphatic carboxylic acids is 1. The molecule has 0 saturated carbocycles. The molecule has 1 fully saturated rings. The number of likely N-dealkylation sites (tertiary alicyclic amines) is 1. The van der Waals surface area contributed by atoms with Gasteiger partial charge in [0.1, 0.15) is 11.6 Å². The van der Waals surface area contributed by atoms with E-state index in [1.54, 1.807) is 24.3 Å². The van der Waals surface area contributed by atoms with E-state index in [0.29, 0.717) is 54.5 Å². The highest BCUT2D eigenvalue weighted by molar-refractivity contribution is 6.30. The van der Waals surface area contributed by atoms with E-state index in [0.717, 1.165) is 5.69 Å². The quantitative estimate of drug-likeness (QED) is 0.374. The Morgan fingerprint density at radius 2 is 2.20 bits per heavy atom. The number of pyridine rings is 1. The van der Waals surface area contributed by atoms with Crippen molar-refractivity contribution in [1.82, 2.24) is 20.1 Å². The Hall–Kier alpha value is -3.48. The van der Waals surface area contributed by atoms with Gasteiger partial charge < -0.3 is 10.4 Å². The molecule has 0 amide bonds. The molecule has 8 nitrogen and oxygen atoms in total. The molecule has 35 heavy (non-hydrogen) atoms. The van der Waals surface area contributed by atoms with E-state index in [9.17, 15) is 14.3 Å². The summed E-state index contributed by atoms with van der Waals surface area (Å²) in [5.41, 5.74) is 1.04. The minimum absolute atomic E-state index is 0.0725. The number of rotatable bonds is 7. The summed E-state index contributed by atoms with van der Waals surface area (Å²) in [4.78, 5) is 22.8. The predicted molar refractivity (Wildman–Crippen MR) is 131 cm³/mol. The van der Waals surface area contributed by atoms with Gasteiger partial charge in [-0.25, -0.2) is 14.2 Å². The van der Waals surface area contributed by atoms with Crippen molar-refractivity contribution < 1.29 is 14.3 Å². The zero-order valence-electron chi connectivity index (χ0n) is 19.5. The SMILES string of the molecule is [C-]#[N+]c1ccc(Nc2cc(C)[nH]n2)nc1C[C@@]1(C(=O)O)CCN(Cc2cccc(Cl)c2F)[C@H](C)C1. The molecule has 3 heterocycles. The number of nitrogens with zero attached hydrogens (tertiary/aromatic N) is 4. The van der Waals surface area contributed by atoms with Gasteiger partial charge in [-0.1, -0.05) is 29.8 Å². The predicted octanol–water partition coefficient (Wildman–Crippen LogP) is 5.50. The molecule has 4 rings (SSSR count). The number of carbonyl (C=O) groups is 1. The number of carboxylic acid groups (broad SMARTS) is 1. The Morgan fingerprint density at radius 1 is 1.40 bits per heavy atom. The van der Waals surface area contributed by atoms with Crippen LogP contribution in [0.15, 0.2) is 36.4 Å². The van der Waals surface area contributed by atoms with E-state index in [2.05, 4.69) is 30.2 Å². The van der Waals surface area contributed by atoms with Crippen LogP contribution < -0.4 is 5.32 Å². The number of H-pyrrole nitrogens is 1. The normalized spacial score (nSPS) is 20.4. The number of piperidine rings is 1. The highest BCUT2D eigenvalue weighted by Gasteiger charge is 2.45. The van der Waals surface area contributed by atoms with Crippen LogP contribution in [0.3, 0.4) is 0 Å². The lowest BCUT2D eigenvalue weighted by atomic mass is 9.72. The highest BCUT2D eigenvalue weighted by Crippen LogP contribution is 2.41. The smallest absolute Gasteiger partial charge is 0.310 e. The van der Waals surface area contributed by atoms with Crippen LogP contribution in [-0.4, -0.2) is 43.7 Å². The van der Waals surface area contributed by atoms with Gasteiger partial charge in [0.2, 0.25) is 5.69 Å². The molecule has 0 unspecified atom stereocenters.